The van der Waals surface area contributed by atoms with E-state index in [1.54, 1.807) is 12.1 Å². The number of rotatable bonds is 7. The van der Waals surface area contributed by atoms with Crippen molar-refractivity contribution in [2.75, 3.05) is 6.54 Å². The second kappa shape index (κ2) is 8.86. The summed E-state index contributed by atoms with van der Waals surface area (Å²) >= 11 is 11.8. The Hall–Kier alpha value is -1.46. The first-order valence-electron chi connectivity index (χ1n) is 6.95. The van der Waals surface area contributed by atoms with Crippen molar-refractivity contribution in [3.8, 4) is 5.75 Å². The van der Waals surface area contributed by atoms with Gasteiger partial charge in [-0.3, -0.25) is 4.79 Å². The number of benzene rings is 1. The van der Waals surface area contributed by atoms with Crippen LogP contribution in [0.4, 0.5) is 0 Å². The molecule has 2 atom stereocenters. The molecule has 0 heterocycles. The van der Waals surface area contributed by atoms with E-state index in [4.69, 9.17) is 32.7 Å². The summed E-state index contributed by atoms with van der Waals surface area (Å²) < 4.78 is 10.5. The van der Waals surface area contributed by atoms with Crippen molar-refractivity contribution in [2.45, 2.75) is 39.4 Å². The van der Waals surface area contributed by atoms with Gasteiger partial charge in [-0.05, 0) is 38.5 Å². The largest absolute Gasteiger partial charge is 0.477 e. The standard InChI is InChI=1S/C15H19Cl2NO4/c1-4-7-18-14(19)9(2)22-15(20)10(3)21-13-6-5-11(16)8-12(13)17/h5-6,8-10H,4,7H2,1-3H3,(H,18,19)/t9-,10+/m0/s1. The van der Waals surface area contributed by atoms with E-state index in [1.807, 2.05) is 6.92 Å². The van der Waals surface area contributed by atoms with Crippen LogP contribution in [0.1, 0.15) is 27.2 Å². The number of ether oxygens (including phenoxy) is 2. The molecule has 0 saturated heterocycles. The number of amides is 1. The van der Waals surface area contributed by atoms with Gasteiger partial charge < -0.3 is 14.8 Å². The van der Waals surface area contributed by atoms with Crippen molar-refractivity contribution in [3.05, 3.63) is 28.2 Å². The van der Waals surface area contributed by atoms with Crippen molar-refractivity contribution in [2.24, 2.45) is 0 Å². The first-order valence-corrected chi connectivity index (χ1v) is 7.70. The van der Waals surface area contributed by atoms with Crippen LogP contribution in [0.25, 0.3) is 0 Å². The molecule has 0 radical (unpaired) electrons. The van der Waals surface area contributed by atoms with Crippen LogP contribution in [-0.2, 0) is 14.3 Å². The van der Waals surface area contributed by atoms with Crippen molar-refractivity contribution >= 4 is 35.1 Å². The van der Waals surface area contributed by atoms with Gasteiger partial charge in [0.2, 0.25) is 0 Å². The second-order valence-corrected chi connectivity index (χ2v) is 5.55. The Bertz CT molecular complexity index is 536. The van der Waals surface area contributed by atoms with E-state index in [0.29, 0.717) is 22.3 Å². The first-order chi connectivity index (χ1) is 10.3. The summed E-state index contributed by atoms with van der Waals surface area (Å²) in [5, 5.41) is 3.41. The average molecular weight is 348 g/mol. The minimum atomic E-state index is -0.903. The van der Waals surface area contributed by atoms with Gasteiger partial charge in [-0.25, -0.2) is 4.79 Å². The summed E-state index contributed by atoms with van der Waals surface area (Å²) in [6, 6.07) is 4.67. The molecule has 0 aliphatic rings. The molecule has 0 saturated carbocycles. The highest BCUT2D eigenvalue weighted by Gasteiger charge is 2.23. The van der Waals surface area contributed by atoms with E-state index in [0.717, 1.165) is 6.42 Å². The fraction of sp³-hybridized carbons (Fsp3) is 0.467. The maximum atomic E-state index is 11.9. The minimum absolute atomic E-state index is 0.292. The summed E-state index contributed by atoms with van der Waals surface area (Å²) in [5.41, 5.74) is 0. The third-order valence-electron chi connectivity index (χ3n) is 2.74. The van der Waals surface area contributed by atoms with Crippen molar-refractivity contribution in [3.63, 3.8) is 0 Å². The molecule has 22 heavy (non-hydrogen) atoms. The monoisotopic (exact) mass is 347 g/mol. The predicted molar refractivity (Wildman–Crippen MR) is 85.4 cm³/mol. The van der Waals surface area contributed by atoms with Crippen LogP contribution < -0.4 is 10.1 Å². The Morgan fingerprint density at radius 1 is 1.23 bits per heavy atom. The first kappa shape index (κ1) is 18.6. The molecule has 0 bridgehead atoms. The van der Waals surface area contributed by atoms with Crippen LogP contribution in [0, 0.1) is 0 Å². The van der Waals surface area contributed by atoms with Crippen LogP contribution in [0.15, 0.2) is 18.2 Å². The Morgan fingerprint density at radius 2 is 1.91 bits per heavy atom. The van der Waals surface area contributed by atoms with Crippen molar-refractivity contribution in [1.29, 1.82) is 0 Å². The number of halogens is 2. The average Bonchev–Trinajstić information content (AvgIpc) is 2.47. The fourth-order valence-electron chi connectivity index (χ4n) is 1.52. The SMILES string of the molecule is CCCNC(=O)[C@H](C)OC(=O)[C@@H](C)Oc1ccc(Cl)cc1Cl. The van der Waals surface area contributed by atoms with E-state index in [1.165, 1.54) is 19.9 Å². The molecule has 0 aromatic heterocycles. The van der Waals surface area contributed by atoms with Crippen LogP contribution in [0.2, 0.25) is 10.0 Å². The summed E-state index contributed by atoms with van der Waals surface area (Å²) in [6.07, 6.45) is -0.980. The van der Waals surface area contributed by atoms with Gasteiger partial charge in [0.25, 0.3) is 5.91 Å². The number of nitrogens with one attached hydrogen (secondary N) is 1. The van der Waals surface area contributed by atoms with Crippen molar-refractivity contribution in [1.82, 2.24) is 5.32 Å². The van der Waals surface area contributed by atoms with E-state index < -0.39 is 18.2 Å². The van der Waals surface area contributed by atoms with Gasteiger partial charge in [0.15, 0.2) is 12.2 Å². The zero-order chi connectivity index (χ0) is 16.7. The Labute approximate surface area is 139 Å². The van der Waals surface area contributed by atoms with Crippen molar-refractivity contribution < 1.29 is 19.1 Å². The van der Waals surface area contributed by atoms with Gasteiger partial charge in [-0.1, -0.05) is 30.1 Å². The van der Waals surface area contributed by atoms with Gasteiger partial charge in [0.1, 0.15) is 5.75 Å². The molecular formula is C15H19Cl2NO4. The molecule has 0 fully saturated rings. The summed E-state index contributed by atoms with van der Waals surface area (Å²) in [5.74, 6) is -0.671. The van der Waals surface area contributed by atoms with E-state index >= 15 is 0 Å². The van der Waals surface area contributed by atoms with Crippen LogP contribution in [0.5, 0.6) is 5.75 Å². The van der Waals surface area contributed by atoms with Crippen LogP contribution >= 0.6 is 23.2 Å². The maximum Gasteiger partial charge on any atom is 0.347 e. The third kappa shape index (κ3) is 5.73. The zero-order valence-electron chi connectivity index (χ0n) is 12.7. The fourth-order valence-corrected chi connectivity index (χ4v) is 1.98. The van der Waals surface area contributed by atoms with E-state index in [-0.39, 0.29) is 5.91 Å². The number of carbonyl (C=O) groups excluding carboxylic acids is 2. The lowest BCUT2D eigenvalue weighted by Gasteiger charge is -2.18. The van der Waals surface area contributed by atoms with Crippen LogP contribution in [-0.4, -0.2) is 30.6 Å². The quantitative estimate of drug-likeness (QED) is 0.769. The summed E-state index contributed by atoms with van der Waals surface area (Å²) in [4.78, 5) is 23.6. The van der Waals surface area contributed by atoms with Gasteiger partial charge in [-0.2, -0.15) is 0 Å². The summed E-state index contributed by atoms with van der Waals surface area (Å²) in [7, 11) is 0. The molecule has 7 heteroatoms. The predicted octanol–water partition coefficient (Wildman–Crippen LogP) is 3.22. The zero-order valence-corrected chi connectivity index (χ0v) is 14.2. The molecule has 1 rings (SSSR count). The molecule has 5 nitrogen and oxygen atoms in total. The minimum Gasteiger partial charge on any atom is -0.477 e. The molecule has 1 aromatic carbocycles. The third-order valence-corrected chi connectivity index (χ3v) is 3.27. The Morgan fingerprint density at radius 3 is 2.50 bits per heavy atom. The lowest BCUT2D eigenvalue weighted by molar-refractivity contribution is -0.160. The maximum absolute atomic E-state index is 11.9. The highest BCUT2D eigenvalue weighted by atomic mass is 35.5. The molecule has 0 aliphatic heterocycles. The number of hydrogen-bond acceptors (Lipinski definition) is 4. The number of hydrogen-bond donors (Lipinski definition) is 1. The van der Waals surface area contributed by atoms with Gasteiger partial charge in [0.05, 0.1) is 5.02 Å². The lowest BCUT2D eigenvalue weighted by atomic mass is 10.3. The lowest BCUT2D eigenvalue weighted by Crippen LogP contribution is -2.39. The van der Waals surface area contributed by atoms with Gasteiger partial charge >= 0.3 is 5.97 Å². The van der Waals surface area contributed by atoms with E-state index in [2.05, 4.69) is 5.32 Å². The number of esters is 1. The topological polar surface area (TPSA) is 64.6 Å². The van der Waals surface area contributed by atoms with E-state index in [9.17, 15) is 9.59 Å². The Kier molecular flexibility index (Phi) is 7.48. The molecule has 122 valence electrons. The molecule has 1 aromatic rings. The smallest absolute Gasteiger partial charge is 0.347 e. The highest BCUT2D eigenvalue weighted by Crippen LogP contribution is 2.28. The Balaban J connectivity index is 2.56. The molecule has 1 amide bonds. The van der Waals surface area contributed by atoms with Crippen LogP contribution in [0.3, 0.4) is 0 Å². The van der Waals surface area contributed by atoms with Gasteiger partial charge in [-0.15, -0.1) is 0 Å². The second-order valence-electron chi connectivity index (χ2n) is 4.70. The molecule has 0 spiro atoms. The van der Waals surface area contributed by atoms with Gasteiger partial charge in [0, 0.05) is 11.6 Å². The molecule has 0 unspecified atom stereocenters. The molecule has 0 aliphatic carbocycles. The number of carbonyl (C=O) groups is 2. The normalized spacial score (nSPS) is 13.1. The summed E-state index contributed by atoms with van der Waals surface area (Å²) in [6.45, 7) is 5.49. The molecule has 1 N–H and O–H groups in total. The highest BCUT2D eigenvalue weighted by molar-refractivity contribution is 6.35. The molecular weight excluding hydrogens is 329 g/mol.